The standard InChI is InChI=1S/C34H54N2O4/c1-21(37)40-26-10-11-32(6)25(29(26,2)3)9-12-34(8)27(32)24(38)19-22-23-20-31(5,28(39)36-18-17-35)14-13-30(23,4)15-16-33(22,34)7/h19,23,25-27H,9-18,20,35H2,1-8H3,(H,36,39)/t23-,25-,26-,27+,30+,31-,32-,33+,34+/m0/s1. The monoisotopic (exact) mass is 554 g/mol. The summed E-state index contributed by atoms with van der Waals surface area (Å²) in [5.41, 5.74) is 6.16. The van der Waals surface area contributed by atoms with Gasteiger partial charge in [0, 0.05) is 36.8 Å². The summed E-state index contributed by atoms with van der Waals surface area (Å²) in [5, 5.41) is 3.07. The number of carbonyl (C=O) groups excluding carboxylic acids is 3. The Morgan fingerprint density at radius 3 is 2.30 bits per heavy atom. The van der Waals surface area contributed by atoms with Crippen molar-refractivity contribution < 1.29 is 19.1 Å². The van der Waals surface area contributed by atoms with E-state index in [-0.39, 0.29) is 56.9 Å². The first-order valence-corrected chi connectivity index (χ1v) is 15.9. The lowest BCUT2D eigenvalue weighted by molar-refractivity contribution is -0.210. The second-order valence-corrected chi connectivity index (χ2v) is 16.3. The van der Waals surface area contributed by atoms with Gasteiger partial charge in [0.2, 0.25) is 5.91 Å². The maximum Gasteiger partial charge on any atom is 0.302 e. The molecule has 0 aliphatic heterocycles. The largest absolute Gasteiger partial charge is 0.462 e. The van der Waals surface area contributed by atoms with E-state index in [2.05, 4.69) is 59.9 Å². The molecule has 1 amide bonds. The number of fused-ring (bicyclic) bond motifs is 7. The number of carbonyl (C=O) groups is 3. The highest BCUT2D eigenvalue weighted by molar-refractivity contribution is 5.95. The van der Waals surface area contributed by atoms with E-state index in [0.717, 1.165) is 57.8 Å². The number of nitrogens with one attached hydrogen (secondary N) is 1. The molecule has 5 aliphatic carbocycles. The highest BCUT2D eigenvalue weighted by Crippen LogP contribution is 2.75. The quantitative estimate of drug-likeness (QED) is 0.417. The van der Waals surface area contributed by atoms with E-state index in [1.165, 1.54) is 12.5 Å². The van der Waals surface area contributed by atoms with Crippen LogP contribution in [0.5, 0.6) is 0 Å². The average Bonchev–Trinajstić information content (AvgIpc) is 2.86. The molecule has 0 aromatic carbocycles. The van der Waals surface area contributed by atoms with E-state index < -0.39 is 5.41 Å². The number of hydrogen-bond donors (Lipinski definition) is 2. The third-order valence-corrected chi connectivity index (χ3v) is 13.8. The summed E-state index contributed by atoms with van der Waals surface area (Å²) in [4.78, 5) is 39.8. The predicted molar refractivity (Wildman–Crippen MR) is 157 cm³/mol. The van der Waals surface area contributed by atoms with Gasteiger partial charge < -0.3 is 15.8 Å². The maximum absolute atomic E-state index is 14.5. The molecule has 0 aromatic heterocycles. The van der Waals surface area contributed by atoms with Crippen molar-refractivity contribution in [3.63, 3.8) is 0 Å². The summed E-state index contributed by atoms with van der Waals surface area (Å²) in [6.07, 6.45) is 10.7. The molecule has 9 atom stereocenters. The molecular weight excluding hydrogens is 500 g/mol. The zero-order chi connectivity index (χ0) is 29.5. The SMILES string of the molecule is CC(=O)O[C@H]1CC[C@]2(C)[C@H]3C(=O)C=C4[C@@H]5C[C@@](C)(C(=O)NCCN)CC[C@]5(C)CC[C@@]4(C)[C@]3(C)CC[C@H]2C1(C)C. The fourth-order valence-electron chi connectivity index (χ4n) is 11.2. The van der Waals surface area contributed by atoms with E-state index in [9.17, 15) is 14.4 Å². The Bertz CT molecular complexity index is 1130. The van der Waals surface area contributed by atoms with Gasteiger partial charge in [-0.15, -0.1) is 0 Å². The minimum atomic E-state index is -0.442. The Balaban J connectivity index is 1.54. The fourth-order valence-corrected chi connectivity index (χ4v) is 11.2. The first kappa shape index (κ1) is 29.8. The number of hydrogen-bond acceptors (Lipinski definition) is 5. The molecule has 4 fully saturated rings. The van der Waals surface area contributed by atoms with Crippen LogP contribution in [0.3, 0.4) is 0 Å². The number of rotatable bonds is 4. The molecule has 0 unspecified atom stereocenters. The molecule has 3 N–H and O–H groups in total. The molecule has 0 radical (unpaired) electrons. The molecule has 0 bridgehead atoms. The van der Waals surface area contributed by atoms with Crippen LogP contribution in [0.25, 0.3) is 0 Å². The molecule has 6 heteroatoms. The van der Waals surface area contributed by atoms with Crippen LogP contribution in [0.15, 0.2) is 11.6 Å². The molecule has 5 rings (SSSR count). The number of nitrogens with two attached hydrogens (primary N) is 1. The molecule has 224 valence electrons. The van der Waals surface area contributed by atoms with Gasteiger partial charge in [-0.05, 0) is 97.4 Å². The van der Waals surface area contributed by atoms with Crippen LogP contribution in [0.1, 0.15) is 113 Å². The number of amides is 1. The van der Waals surface area contributed by atoms with Crippen molar-refractivity contribution in [3.05, 3.63) is 11.6 Å². The summed E-state index contributed by atoms with van der Waals surface area (Å²) in [6.45, 7) is 18.7. The minimum absolute atomic E-state index is 0.0442. The third kappa shape index (κ3) is 4.01. The van der Waals surface area contributed by atoms with Gasteiger partial charge in [-0.1, -0.05) is 54.0 Å². The lowest BCUT2D eigenvalue weighted by atomic mass is 9.33. The average molecular weight is 555 g/mol. The smallest absolute Gasteiger partial charge is 0.302 e. The van der Waals surface area contributed by atoms with E-state index in [0.29, 0.717) is 24.8 Å². The molecule has 6 nitrogen and oxygen atoms in total. The summed E-state index contributed by atoms with van der Waals surface area (Å²) < 4.78 is 5.85. The highest BCUT2D eigenvalue weighted by Gasteiger charge is 2.70. The van der Waals surface area contributed by atoms with Crippen molar-refractivity contribution in [1.29, 1.82) is 0 Å². The lowest BCUT2D eigenvalue weighted by Gasteiger charge is -2.70. The van der Waals surface area contributed by atoms with Crippen molar-refractivity contribution in [1.82, 2.24) is 5.32 Å². The third-order valence-electron chi connectivity index (χ3n) is 13.8. The first-order chi connectivity index (χ1) is 18.5. The topological polar surface area (TPSA) is 98.5 Å². The van der Waals surface area contributed by atoms with Crippen LogP contribution in [0.4, 0.5) is 0 Å². The van der Waals surface area contributed by atoms with E-state index in [1.807, 2.05) is 0 Å². The molecular formula is C34H54N2O4. The molecule has 40 heavy (non-hydrogen) atoms. The summed E-state index contributed by atoms with van der Waals surface area (Å²) in [7, 11) is 0. The van der Waals surface area contributed by atoms with Crippen LogP contribution >= 0.6 is 0 Å². The Labute approximate surface area is 242 Å². The molecule has 5 aliphatic rings. The number of esters is 1. The molecule has 4 saturated carbocycles. The van der Waals surface area contributed by atoms with Crippen molar-refractivity contribution >= 4 is 17.7 Å². The van der Waals surface area contributed by atoms with Crippen molar-refractivity contribution in [3.8, 4) is 0 Å². The van der Waals surface area contributed by atoms with Gasteiger partial charge in [0.25, 0.3) is 0 Å². The van der Waals surface area contributed by atoms with Crippen molar-refractivity contribution in [2.45, 2.75) is 119 Å². The Morgan fingerprint density at radius 2 is 1.65 bits per heavy atom. The van der Waals surface area contributed by atoms with E-state index >= 15 is 0 Å². The normalized spacial score (nSPS) is 47.5. The minimum Gasteiger partial charge on any atom is -0.462 e. The zero-order valence-electron chi connectivity index (χ0n) is 26.4. The summed E-state index contributed by atoms with van der Waals surface area (Å²) in [6, 6.07) is 0. The van der Waals surface area contributed by atoms with Gasteiger partial charge in [0.15, 0.2) is 5.78 Å². The van der Waals surface area contributed by atoms with Crippen LogP contribution in [0, 0.1) is 50.2 Å². The zero-order valence-corrected chi connectivity index (χ0v) is 26.4. The van der Waals surface area contributed by atoms with E-state index in [4.69, 9.17) is 10.5 Å². The molecule has 0 spiro atoms. The lowest BCUT2D eigenvalue weighted by Crippen LogP contribution is -2.66. The fraction of sp³-hybridized carbons (Fsp3) is 0.853. The van der Waals surface area contributed by atoms with Gasteiger partial charge >= 0.3 is 5.97 Å². The van der Waals surface area contributed by atoms with Gasteiger partial charge in [-0.25, -0.2) is 0 Å². The first-order valence-electron chi connectivity index (χ1n) is 15.9. The number of ketones is 1. The Kier molecular flexibility index (Phi) is 7.01. The van der Waals surface area contributed by atoms with Crippen LogP contribution in [0.2, 0.25) is 0 Å². The molecule has 0 heterocycles. The summed E-state index contributed by atoms with van der Waals surface area (Å²) in [5.74, 6) is 0.704. The number of allylic oxidation sites excluding steroid dienone is 2. The summed E-state index contributed by atoms with van der Waals surface area (Å²) >= 11 is 0. The Morgan fingerprint density at radius 1 is 0.975 bits per heavy atom. The van der Waals surface area contributed by atoms with Crippen LogP contribution < -0.4 is 11.1 Å². The Hall–Kier alpha value is -1.69. The van der Waals surface area contributed by atoms with E-state index in [1.54, 1.807) is 0 Å². The second kappa shape index (κ2) is 9.41. The second-order valence-electron chi connectivity index (χ2n) is 16.3. The van der Waals surface area contributed by atoms with Gasteiger partial charge in [0.1, 0.15) is 6.10 Å². The maximum atomic E-state index is 14.5. The van der Waals surface area contributed by atoms with Crippen molar-refractivity contribution in [2.75, 3.05) is 13.1 Å². The molecule has 0 saturated heterocycles. The highest BCUT2D eigenvalue weighted by atomic mass is 16.5. The van der Waals surface area contributed by atoms with Gasteiger partial charge in [-0.2, -0.15) is 0 Å². The predicted octanol–water partition coefficient (Wildman–Crippen LogP) is 5.97. The van der Waals surface area contributed by atoms with Crippen molar-refractivity contribution in [2.24, 2.45) is 56.0 Å². The van der Waals surface area contributed by atoms with Crippen LogP contribution in [-0.4, -0.2) is 36.9 Å². The van der Waals surface area contributed by atoms with Gasteiger partial charge in [0.05, 0.1) is 0 Å². The van der Waals surface area contributed by atoms with Crippen LogP contribution in [-0.2, 0) is 19.1 Å². The number of ether oxygens (including phenoxy) is 1. The van der Waals surface area contributed by atoms with Gasteiger partial charge in [-0.3, -0.25) is 14.4 Å². The molecule has 0 aromatic rings.